The van der Waals surface area contributed by atoms with Crippen LogP contribution in [0.2, 0.25) is 5.02 Å². The highest BCUT2D eigenvalue weighted by Gasteiger charge is 2.18. The van der Waals surface area contributed by atoms with E-state index < -0.39 is 0 Å². The molecule has 2 heterocycles. The van der Waals surface area contributed by atoms with Crippen LogP contribution in [0.3, 0.4) is 0 Å². The summed E-state index contributed by atoms with van der Waals surface area (Å²) >= 11 is 9.17. The standard InChI is InChI=1S/C13H6BrClO3/c14-12-5-4-10(18-12)13(16)11-6-7-8(15)2-1-3-9(7)17-11/h1-6H. The first-order valence-electron chi connectivity index (χ1n) is 5.13. The van der Waals surface area contributed by atoms with E-state index in [1.807, 2.05) is 0 Å². The third-order valence-electron chi connectivity index (χ3n) is 2.53. The molecule has 0 radical (unpaired) electrons. The molecular weight excluding hydrogens is 319 g/mol. The lowest BCUT2D eigenvalue weighted by Crippen LogP contribution is -1.96. The fourth-order valence-corrected chi connectivity index (χ4v) is 2.22. The van der Waals surface area contributed by atoms with Gasteiger partial charge in [0.15, 0.2) is 16.2 Å². The summed E-state index contributed by atoms with van der Waals surface area (Å²) in [6.07, 6.45) is 0. The number of furan rings is 2. The van der Waals surface area contributed by atoms with Gasteiger partial charge < -0.3 is 8.83 Å². The van der Waals surface area contributed by atoms with E-state index in [1.165, 1.54) is 0 Å². The van der Waals surface area contributed by atoms with E-state index >= 15 is 0 Å². The molecule has 0 atom stereocenters. The van der Waals surface area contributed by atoms with Crippen LogP contribution in [0.1, 0.15) is 16.3 Å². The van der Waals surface area contributed by atoms with Crippen LogP contribution in [0.25, 0.3) is 11.0 Å². The quantitative estimate of drug-likeness (QED) is 0.643. The molecule has 2 aromatic heterocycles. The number of rotatable bonds is 2. The largest absolute Gasteiger partial charge is 0.452 e. The van der Waals surface area contributed by atoms with Crippen LogP contribution in [0.4, 0.5) is 0 Å². The van der Waals surface area contributed by atoms with Crippen molar-refractivity contribution in [2.45, 2.75) is 0 Å². The highest BCUT2D eigenvalue weighted by Crippen LogP contribution is 2.28. The summed E-state index contributed by atoms with van der Waals surface area (Å²) in [5.41, 5.74) is 0.580. The van der Waals surface area contributed by atoms with Crippen LogP contribution in [0.5, 0.6) is 0 Å². The molecule has 3 nitrogen and oxygen atoms in total. The number of hydrogen-bond donors (Lipinski definition) is 0. The van der Waals surface area contributed by atoms with Crippen LogP contribution < -0.4 is 0 Å². The number of halogens is 2. The molecule has 0 saturated heterocycles. The average molecular weight is 326 g/mol. The van der Waals surface area contributed by atoms with Crippen molar-refractivity contribution in [3.8, 4) is 0 Å². The summed E-state index contributed by atoms with van der Waals surface area (Å²) in [6, 6.07) is 10.1. The monoisotopic (exact) mass is 324 g/mol. The molecule has 0 aliphatic carbocycles. The summed E-state index contributed by atoms with van der Waals surface area (Å²) in [7, 11) is 0. The Hall–Kier alpha value is -1.52. The molecule has 0 unspecified atom stereocenters. The van der Waals surface area contributed by atoms with E-state index in [9.17, 15) is 4.79 Å². The van der Waals surface area contributed by atoms with E-state index in [4.69, 9.17) is 20.4 Å². The molecule has 0 saturated carbocycles. The molecule has 3 aromatic rings. The Morgan fingerprint density at radius 3 is 2.61 bits per heavy atom. The van der Waals surface area contributed by atoms with Crippen molar-refractivity contribution in [2.75, 3.05) is 0 Å². The van der Waals surface area contributed by atoms with Gasteiger partial charge in [-0.1, -0.05) is 17.7 Å². The highest BCUT2D eigenvalue weighted by molar-refractivity contribution is 9.10. The second-order valence-corrected chi connectivity index (χ2v) is 4.88. The van der Waals surface area contributed by atoms with Crippen LogP contribution in [-0.2, 0) is 0 Å². The Balaban J connectivity index is 2.10. The van der Waals surface area contributed by atoms with Gasteiger partial charge >= 0.3 is 0 Å². The van der Waals surface area contributed by atoms with E-state index in [-0.39, 0.29) is 17.3 Å². The molecule has 0 amide bonds. The van der Waals surface area contributed by atoms with Gasteiger partial charge in [-0.25, -0.2) is 0 Å². The fraction of sp³-hybridized carbons (Fsp3) is 0. The molecule has 0 aliphatic rings. The van der Waals surface area contributed by atoms with Crippen molar-refractivity contribution >= 4 is 44.3 Å². The van der Waals surface area contributed by atoms with Gasteiger partial charge in [0.05, 0.1) is 5.02 Å². The average Bonchev–Trinajstić information content (AvgIpc) is 2.95. The minimum absolute atomic E-state index is 0.208. The first-order chi connectivity index (χ1) is 8.65. The van der Waals surface area contributed by atoms with E-state index in [1.54, 1.807) is 36.4 Å². The van der Waals surface area contributed by atoms with E-state index in [0.717, 1.165) is 0 Å². The first kappa shape index (κ1) is 11.6. The van der Waals surface area contributed by atoms with Gasteiger partial charge in [0, 0.05) is 5.39 Å². The maximum atomic E-state index is 12.1. The summed E-state index contributed by atoms with van der Waals surface area (Å²) in [6.45, 7) is 0. The molecule has 0 fully saturated rings. The minimum Gasteiger partial charge on any atom is -0.452 e. The Labute approximate surface area is 115 Å². The maximum absolute atomic E-state index is 12.1. The lowest BCUT2D eigenvalue weighted by atomic mass is 10.2. The lowest BCUT2D eigenvalue weighted by Gasteiger charge is -1.90. The lowest BCUT2D eigenvalue weighted by molar-refractivity contribution is 0.0984. The molecule has 90 valence electrons. The molecule has 0 aliphatic heterocycles. The van der Waals surface area contributed by atoms with Crippen molar-refractivity contribution in [1.29, 1.82) is 0 Å². The van der Waals surface area contributed by atoms with Crippen LogP contribution in [-0.4, -0.2) is 5.78 Å². The summed E-state index contributed by atoms with van der Waals surface area (Å²) in [5, 5.41) is 1.27. The molecule has 1 aromatic carbocycles. The van der Waals surface area contributed by atoms with Gasteiger partial charge in [-0.2, -0.15) is 0 Å². The Kier molecular flexibility index (Phi) is 2.76. The Morgan fingerprint density at radius 2 is 1.94 bits per heavy atom. The second-order valence-electron chi connectivity index (χ2n) is 3.70. The minimum atomic E-state index is -0.312. The maximum Gasteiger partial charge on any atom is 0.263 e. The van der Waals surface area contributed by atoms with Crippen molar-refractivity contribution in [2.24, 2.45) is 0 Å². The van der Waals surface area contributed by atoms with Crippen LogP contribution >= 0.6 is 27.5 Å². The van der Waals surface area contributed by atoms with Crippen molar-refractivity contribution in [3.05, 3.63) is 57.6 Å². The second kappa shape index (κ2) is 4.30. The number of ketones is 1. The predicted octanol–water partition coefficient (Wildman–Crippen LogP) is 4.67. The molecule has 5 heteroatoms. The molecule has 0 spiro atoms. The van der Waals surface area contributed by atoms with Gasteiger partial charge in [0.2, 0.25) is 0 Å². The third-order valence-corrected chi connectivity index (χ3v) is 3.28. The van der Waals surface area contributed by atoms with Gasteiger partial charge in [-0.3, -0.25) is 4.79 Å². The Morgan fingerprint density at radius 1 is 1.11 bits per heavy atom. The van der Waals surface area contributed by atoms with E-state index in [0.29, 0.717) is 20.7 Å². The van der Waals surface area contributed by atoms with Crippen molar-refractivity contribution in [1.82, 2.24) is 0 Å². The van der Waals surface area contributed by atoms with Crippen molar-refractivity contribution < 1.29 is 13.6 Å². The summed E-state index contributed by atoms with van der Waals surface area (Å²) < 4.78 is 11.2. The van der Waals surface area contributed by atoms with Gasteiger partial charge in [0.25, 0.3) is 5.78 Å². The predicted molar refractivity (Wildman–Crippen MR) is 71.1 cm³/mol. The van der Waals surface area contributed by atoms with Gasteiger partial charge in [-0.15, -0.1) is 0 Å². The van der Waals surface area contributed by atoms with Gasteiger partial charge in [-0.05, 0) is 46.3 Å². The zero-order chi connectivity index (χ0) is 12.7. The normalized spacial score (nSPS) is 11.0. The molecular formula is C13H6BrClO3. The van der Waals surface area contributed by atoms with Gasteiger partial charge in [0.1, 0.15) is 5.58 Å². The number of carbonyl (C=O) groups excluding carboxylic acids is 1. The number of carbonyl (C=O) groups is 1. The highest BCUT2D eigenvalue weighted by atomic mass is 79.9. The topological polar surface area (TPSA) is 43.4 Å². The van der Waals surface area contributed by atoms with Crippen molar-refractivity contribution in [3.63, 3.8) is 0 Å². The van der Waals surface area contributed by atoms with E-state index in [2.05, 4.69) is 15.9 Å². The number of benzene rings is 1. The first-order valence-corrected chi connectivity index (χ1v) is 6.30. The van der Waals surface area contributed by atoms with Crippen LogP contribution in [0, 0.1) is 0 Å². The zero-order valence-electron chi connectivity index (χ0n) is 8.94. The molecule has 3 rings (SSSR count). The Bertz CT molecular complexity index is 742. The molecule has 18 heavy (non-hydrogen) atoms. The SMILES string of the molecule is O=C(c1ccc(Br)o1)c1cc2c(Cl)cccc2o1. The molecule has 0 N–H and O–H groups in total. The van der Waals surface area contributed by atoms with Crippen LogP contribution in [0.15, 0.2) is 49.9 Å². The number of hydrogen-bond acceptors (Lipinski definition) is 3. The molecule has 0 bridgehead atoms. The smallest absolute Gasteiger partial charge is 0.263 e. The summed E-state index contributed by atoms with van der Waals surface area (Å²) in [5.74, 6) is 0.116. The zero-order valence-corrected chi connectivity index (χ0v) is 11.3. The summed E-state index contributed by atoms with van der Waals surface area (Å²) in [4.78, 5) is 12.1. The fourth-order valence-electron chi connectivity index (χ4n) is 1.69. The third kappa shape index (κ3) is 1.87. The number of fused-ring (bicyclic) bond motifs is 1.